The van der Waals surface area contributed by atoms with Crippen molar-refractivity contribution in [2.75, 3.05) is 5.32 Å². The monoisotopic (exact) mass is 230 g/mol. The summed E-state index contributed by atoms with van der Waals surface area (Å²) in [5.74, 6) is 0.924. The van der Waals surface area contributed by atoms with E-state index in [1.54, 1.807) is 0 Å². The fourth-order valence-electron chi connectivity index (χ4n) is 1.78. The largest absolute Gasteiger partial charge is 0.352 e. The lowest BCUT2D eigenvalue weighted by Crippen LogP contribution is -2.07. The van der Waals surface area contributed by atoms with Crippen molar-refractivity contribution in [3.05, 3.63) is 41.5 Å². The van der Waals surface area contributed by atoms with Crippen molar-refractivity contribution < 1.29 is 0 Å². The fourth-order valence-corrected chi connectivity index (χ4v) is 1.78. The highest BCUT2D eigenvalue weighted by Crippen LogP contribution is 2.11. The van der Waals surface area contributed by atoms with Crippen LogP contribution in [0.1, 0.15) is 23.7 Å². The minimum absolute atomic E-state index is 0.760. The molecule has 0 radical (unpaired) electrons. The van der Waals surface area contributed by atoms with Crippen LogP contribution in [0.25, 0.3) is 0 Å². The van der Waals surface area contributed by atoms with Gasteiger partial charge in [-0.15, -0.1) is 0 Å². The lowest BCUT2D eigenvalue weighted by atomic mass is 10.2. The zero-order chi connectivity index (χ0) is 12.3. The molecule has 0 saturated carbocycles. The summed E-state index contributed by atoms with van der Waals surface area (Å²) in [6.45, 7) is 7.90. The molecule has 4 heteroatoms. The number of aryl methyl sites for hydroxylation is 3. The molecule has 0 saturated heterocycles. The molecule has 2 rings (SSSR count). The zero-order valence-corrected chi connectivity index (χ0v) is 10.6. The highest BCUT2D eigenvalue weighted by molar-refractivity contribution is 5.32. The first kappa shape index (κ1) is 11.6. The van der Waals surface area contributed by atoms with E-state index in [0.717, 1.165) is 24.7 Å². The van der Waals surface area contributed by atoms with Gasteiger partial charge in [0.25, 0.3) is 0 Å². The van der Waals surface area contributed by atoms with Crippen molar-refractivity contribution >= 4 is 5.95 Å². The first-order valence-electron chi connectivity index (χ1n) is 5.88. The molecule has 0 aromatic carbocycles. The first-order chi connectivity index (χ1) is 8.20. The van der Waals surface area contributed by atoms with Gasteiger partial charge in [0.15, 0.2) is 0 Å². The van der Waals surface area contributed by atoms with Gasteiger partial charge in [0.1, 0.15) is 0 Å². The molecule has 4 nitrogen and oxygen atoms in total. The van der Waals surface area contributed by atoms with Crippen LogP contribution in [-0.4, -0.2) is 14.5 Å². The van der Waals surface area contributed by atoms with Gasteiger partial charge < -0.3 is 9.88 Å². The van der Waals surface area contributed by atoms with Crippen LogP contribution in [0.5, 0.6) is 0 Å². The fraction of sp³-hybridized carbons (Fsp3) is 0.385. The lowest BCUT2D eigenvalue weighted by Gasteiger charge is -2.09. The minimum atomic E-state index is 0.760. The topological polar surface area (TPSA) is 42.7 Å². The van der Waals surface area contributed by atoms with Gasteiger partial charge in [-0.3, -0.25) is 4.98 Å². The number of nitrogens with one attached hydrogen (secondary N) is 1. The normalized spacial score (nSPS) is 10.5. The Morgan fingerprint density at radius 1 is 1.35 bits per heavy atom. The molecule has 0 amide bonds. The Morgan fingerprint density at radius 3 is 2.88 bits per heavy atom. The number of pyridine rings is 1. The molecule has 2 aromatic heterocycles. The number of hydrogen-bond donors (Lipinski definition) is 1. The second-order valence-corrected chi connectivity index (χ2v) is 4.15. The summed E-state index contributed by atoms with van der Waals surface area (Å²) in [7, 11) is 0. The van der Waals surface area contributed by atoms with Gasteiger partial charge in [-0.1, -0.05) is 0 Å². The van der Waals surface area contributed by atoms with Crippen LogP contribution in [0.15, 0.2) is 24.7 Å². The second-order valence-electron chi connectivity index (χ2n) is 4.15. The highest BCUT2D eigenvalue weighted by atomic mass is 15.2. The van der Waals surface area contributed by atoms with Crippen LogP contribution in [0.2, 0.25) is 0 Å². The number of aromatic nitrogens is 3. The highest BCUT2D eigenvalue weighted by Gasteiger charge is 2.04. The molecule has 2 aromatic rings. The molecule has 90 valence electrons. The van der Waals surface area contributed by atoms with E-state index in [2.05, 4.69) is 39.9 Å². The molecular formula is C13H18N4. The van der Waals surface area contributed by atoms with E-state index < -0.39 is 0 Å². The van der Waals surface area contributed by atoms with Crippen molar-refractivity contribution in [3.8, 4) is 0 Å². The maximum absolute atomic E-state index is 4.46. The summed E-state index contributed by atoms with van der Waals surface area (Å²) >= 11 is 0. The Kier molecular flexibility index (Phi) is 3.42. The molecule has 0 bridgehead atoms. The molecule has 1 N–H and O–H groups in total. The van der Waals surface area contributed by atoms with Gasteiger partial charge in [0, 0.05) is 31.7 Å². The molecule has 0 atom stereocenters. The molecule has 2 heterocycles. The first-order valence-corrected chi connectivity index (χ1v) is 5.88. The summed E-state index contributed by atoms with van der Waals surface area (Å²) in [6.07, 6.45) is 5.77. The molecule has 0 aliphatic rings. The number of hydrogen-bond acceptors (Lipinski definition) is 3. The molecule has 0 aliphatic heterocycles. The van der Waals surface area contributed by atoms with Gasteiger partial charge in [-0.05, 0) is 38.0 Å². The average Bonchev–Trinajstić information content (AvgIpc) is 2.69. The van der Waals surface area contributed by atoms with Gasteiger partial charge in [0.05, 0.1) is 5.69 Å². The third kappa shape index (κ3) is 2.64. The summed E-state index contributed by atoms with van der Waals surface area (Å²) in [4.78, 5) is 8.60. The van der Waals surface area contributed by atoms with E-state index in [1.807, 2.05) is 25.4 Å². The Bertz CT molecular complexity index is 502. The number of imidazole rings is 1. The van der Waals surface area contributed by atoms with Crippen LogP contribution < -0.4 is 5.32 Å². The second kappa shape index (κ2) is 4.99. The quantitative estimate of drug-likeness (QED) is 0.877. The number of nitrogens with zero attached hydrogens (tertiary/aromatic N) is 3. The van der Waals surface area contributed by atoms with Crippen molar-refractivity contribution in [2.45, 2.75) is 33.9 Å². The van der Waals surface area contributed by atoms with E-state index in [-0.39, 0.29) is 0 Å². The standard InChI is InChI=1S/C13H18N4/c1-4-17-9-11(3)16-13(17)15-8-12-7-14-6-5-10(12)2/h5-7,9H,4,8H2,1-3H3,(H,15,16). The Balaban J connectivity index is 2.09. The molecule has 0 aliphatic carbocycles. The van der Waals surface area contributed by atoms with Crippen molar-refractivity contribution in [1.82, 2.24) is 14.5 Å². The lowest BCUT2D eigenvalue weighted by molar-refractivity contribution is 0.762. The van der Waals surface area contributed by atoms with E-state index >= 15 is 0 Å². The van der Waals surface area contributed by atoms with Gasteiger partial charge in [0.2, 0.25) is 5.95 Å². The van der Waals surface area contributed by atoms with E-state index in [9.17, 15) is 0 Å². The third-order valence-corrected chi connectivity index (χ3v) is 2.82. The predicted molar refractivity (Wildman–Crippen MR) is 68.9 cm³/mol. The summed E-state index contributed by atoms with van der Waals surface area (Å²) in [5, 5.41) is 3.35. The minimum Gasteiger partial charge on any atom is -0.352 e. The Morgan fingerprint density at radius 2 is 2.18 bits per heavy atom. The predicted octanol–water partition coefficient (Wildman–Crippen LogP) is 2.53. The molecule has 0 unspecified atom stereocenters. The Labute approximate surface area is 102 Å². The molecule has 0 spiro atoms. The summed E-state index contributed by atoms with van der Waals surface area (Å²) in [6, 6.07) is 2.02. The zero-order valence-electron chi connectivity index (χ0n) is 10.6. The Hall–Kier alpha value is -1.84. The van der Waals surface area contributed by atoms with Crippen molar-refractivity contribution in [2.24, 2.45) is 0 Å². The molecule has 17 heavy (non-hydrogen) atoms. The van der Waals surface area contributed by atoms with Gasteiger partial charge in [-0.2, -0.15) is 0 Å². The van der Waals surface area contributed by atoms with E-state index in [4.69, 9.17) is 0 Å². The van der Waals surface area contributed by atoms with Crippen LogP contribution >= 0.6 is 0 Å². The van der Waals surface area contributed by atoms with E-state index in [1.165, 1.54) is 11.1 Å². The van der Waals surface area contributed by atoms with Crippen LogP contribution in [-0.2, 0) is 13.1 Å². The molecule has 0 fully saturated rings. The number of rotatable bonds is 4. The maximum atomic E-state index is 4.46. The van der Waals surface area contributed by atoms with E-state index in [0.29, 0.717) is 0 Å². The smallest absolute Gasteiger partial charge is 0.203 e. The molecular weight excluding hydrogens is 212 g/mol. The van der Waals surface area contributed by atoms with Crippen LogP contribution in [0, 0.1) is 13.8 Å². The van der Waals surface area contributed by atoms with Crippen molar-refractivity contribution in [3.63, 3.8) is 0 Å². The SMILES string of the molecule is CCn1cc(C)nc1NCc1cnccc1C. The van der Waals surface area contributed by atoms with Crippen LogP contribution in [0.3, 0.4) is 0 Å². The van der Waals surface area contributed by atoms with Gasteiger partial charge >= 0.3 is 0 Å². The van der Waals surface area contributed by atoms with Crippen molar-refractivity contribution in [1.29, 1.82) is 0 Å². The summed E-state index contributed by atoms with van der Waals surface area (Å²) < 4.78 is 2.11. The average molecular weight is 230 g/mol. The van der Waals surface area contributed by atoms with Gasteiger partial charge in [-0.25, -0.2) is 4.98 Å². The summed E-state index contributed by atoms with van der Waals surface area (Å²) in [5.41, 5.74) is 3.49. The third-order valence-electron chi connectivity index (χ3n) is 2.82. The number of anilines is 1. The van der Waals surface area contributed by atoms with Crippen LogP contribution in [0.4, 0.5) is 5.95 Å². The maximum Gasteiger partial charge on any atom is 0.203 e.